The first-order valence-corrected chi connectivity index (χ1v) is 4.27. The predicted molar refractivity (Wildman–Crippen MR) is 50.9 cm³/mol. The number of ether oxygens (including phenoxy) is 1. The van der Waals surface area contributed by atoms with E-state index in [4.69, 9.17) is 5.11 Å². The van der Waals surface area contributed by atoms with Gasteiger partial charge in [0.25, 0.3) is 0 Å². The maximum atomic E-state index is 10.3. The lowest BCUT2D eigenvalue weighted by molar-refractivity contribution is 0.143. The normalized spacial score (nSPS) is 9.86. The fourth-order valence-corrected chi connectivity index (χ4v) is 1.20. The molecule has 0 spiro atoms. The van der Waals surface area contributed by atoms with Crippen LogP contribution in [0.1, 0.15) is 18.1 Å². The minimum atomic E-state index is -1.42. The van der Waals surface area contributed by atoms with Gasteiger partial charge in [-0.05, 0) is 30.5 Å². The van der Waals surface area contributed by atoms with Crippen molar-refractivity contribution < 1.29 is 19.7 Å². The number of carboxylic acid groups (broad SMARTS) is 1. The van der Waals surface area contributed by atoms with Gasteiger partial charge in [-0.25, -0.2) is 4.79 Å². The highest BCUT2D eigenvalue weighted by Gasteiger charge is 2.10. The van der Waals surface area contributed by atoms with Crippen molar-refractivity contribution in [1.82, 2.24) is 0 Å². The summed E-state index contributed by atoms with van der Waals surface area (Å²) in [6.07, 6.45) is -0.662. The van der Waals surface area contributed by atoms with Gasteiger partial charge in [0.15, 0.2) is 11.5 Å². The molecular formula is C10H12O4. The van der Waals surface area contributed by atoms with E-state index in [2.05, 4.69) is 4.74 Å². The van der Waals surface area contributed by atoms with E-state index in [9.17, 15) is 9.90 Å². The number of carbonyl (C=O) groups is 1. The molecule has 0 aliphatic rings. The third-order valence-electron chi connectivity index (χ3n) is 1.93. The van der Waals surface area contributed by atoms with Crippen LogP contribution in [0.2, 0.25) is 0 Å². The molecule has 4 nitrogen and oxygen atoms in total. The first-order chi connectivity index (χ1) is 6.54. The van der Waals surface area contributed by atoms with E-state index >= 15 is 0 Å². The molecule has 1 aromatic carbocycles. The molecule has 4 heteroatoms. The van der Waals surface area contributed by atoms with E-state index in [1.54, 1.807) is 13.0 Å². The van der Waals surface area contributed by atoms with Crippen molar-refractivity contribution >= 4 is 6.16 Å². The van der Waals surface area contributed by atoms with E-state index in [0.29, 0.717) is 5.56 Å². The van der Waals surface area contributed by atoms with Gasteiger partial charge in [0.2, 0.25) is 0 Å². The summed E-state index contributed by atoms with van der Waals surface area (Å²) in [5, 5.41) is 17.9. The number of aryl methyl sites for hydroxylation is 2. The molecule has 0 radical (unpaired) electrons. The zero-order valence-electron chi connectivity index (χ0n) is 8.07. The molecule has 2 N–H and O–H groups in total. The topological polar surface area (TPSA) is 66.8 Å². The maximum Gasteiger partial charge on any atom is 0.511 e. The van der Waals surface area contributed by atoms with Crippen LogP contribution >= 0.6 is 0 Å². The zero-order valence-corrected chi connectivity index (χ0v) is 8.07. The summed E-state index contributed by atoms with van der Waals surface area (Å²) in [6, 6.07) is 3.32. The number of phenolic OH excluding ortho intramolecular Hbond substituents is 1. The smallest absolute Gasteiger partial charge is 0.504 e. The van der Waals surface area contributed by atoms with Crippen LogP contribution in [0.3, 0.4) is 0 Å². The third-order valence-corrected chi connectivity index (χ3v) is 1.93. The standard InChI is InChI=1S/C10H12O4/c1-3-7-4-6(2)9(11)8(5-7)14-10(12)13/h4-5,11H,3H2,1-2H3,(H,12,13). The minimum absolute atomic E-state index is 0.00523. The molecule has 0 atom stereocenters. The number of aromatic hydroxyl groups is 1. The lowest BCUT2D eigenvalue weighted by Gasteiger charge is -2.07. The van der Waals surface area contributed by atoms with Crippen molar-refractivity contribution in [1.29, 1.82) is 0 Å². The van der Waals surface area contributed by atoms with Crippen LogP contribution in [0.25, 0.3) is 0 Å². The number of phenols is 1. The summed E-state index contributed by atoms with van der Waals surface area (Å²) in [7, 11) is 0. The van der Waals surface area contributed by atoms with Gasteiger partial charge in [-0.15, -0.1) is 0 Å². The van der Waals surface area contributed by atoms with Gasteiger partial charge in [-0.3, -0.25) is 0 Å². The number of hydrogen-bond donors (Lipinski definition) is 2. The fraction of sp³-hybridized carbons (Fsp3) is 0.300. The molecule has 1 aromatic rings. The van der Waals surface area contributed by atoms with Gasteiger partial charge in [-0.1, -0.05) is 13.0 Å². The van der Waals surface area contributed by atoms with Gasteiger partial charge in [0.05, 0.1) is 0 Å². The first kappa shape index (κ1) is 10.4. The highest BCUT2D eigenvalue weighted by molar-refractivity contribution is 5.64. The molecule has 0 amide bonds. The summed E-state index contributed by atoms with van der Waals surface area (Å²) in [5.41, 5.74) is 1.54. The molecular weight excluding hydrogens is 184 g/mol. The molecule has 0 unspecified atom stereocenters. The summed E-state index contributed by atoms with van der Waals surface area (Å²) < 4.78 is 4.43. The van der Waals surface area contributed by atoms with Gasteiger partial charge in [0.1, 0.15) is 0 Å². The number of benzene rings is 1. The summed E-state index contributed by atoms with van der Waals surface area (Å²) in [6.45, 7) is 3.64. The second kappa shape index (κ2) is 4.00. The average Bonchev–Trinajstić information content (AvgIpc) is 2.11. The average molecular weight is 196 g/mol. The molecule has 14 heavy (non-hydrogen) atoms. The Morgan fingerprint density at radius 2 is 2.14 bits per heavy atom. The van der Waals surface area contributed by atoms with Crippen LogP contribution < -0.4 is 4.74 Å². The molecule has 0 heterocycles. The second-order valence-corrected chi connectivity index (χ2v) is 2.98. The van der Waals surface area contributed by atoms with Crippen molar-refractivity contribution in [2.24, 2.45) is 0 Å². The fourth-order valence-electron chi connectivity index (χ4n) is 1.20. The number of rotatable bonds is 2. The zero-order chi connectivity index (χ0) is 10.7. The van der Waals surface area contributed by atoms with Crippen molar-refractivity contribution in [3.8, 4) is 11.5 Å². The maximum absolute atomic E-state index is 10.3. The second-order valence-electron chi connectivity index (χ2n) is 2.98. The van der Waals surface area contributed by atoms with Gasteiger partial charge < -0.3 is 14.9 Å². The Hall–Kier alpha value is -1.71. The first-order valence-electron chi connectivity index (χ1n) is 4.27. The number of hydrogen-bond acceptors (Lipinski definition) is 3. The van der Waals surface area contributed by atoms with E-state index in [-0.39, 0.29) is 11.5 Å². The van der Waals surface area contributed by atoms with E-state index in [1.165, 1.54) is 6.07 Å². The Bertz CT molecular complexity index is 357. The minimum Gasteiger partial charge on any atom is -0.504 e. The van der Waals surface area contributed by atoms with Crippen LogP contribution in [0.15, 0.2) is 12.1 Å². The molecule has 0 aromatic heterocycles. The molecule has 0 aliphatic heterocycles. The lowest BCUT2D eigenvalue weighted by Crippen LogP contribution is -2.04. The van der Waals surface area contributed by atoms with Gasteiger partial charge in [-0.2, -0.15) is 0 Å². The Balaban J connectivity index is 3.13. The van der Waals surface area contributed by atoms with Gasteiger partial charge in [0, 0.05) is 0 Å². The molecule has 0 aliphatic carbocycles. The lowest BCUT2D eigenvalue weighted by atomic mass is 10.1. The molecule has 1 rings (SSSR count). The molecule has 76 valence electrons. The van der Waals surface area contributed by atoms with Crippen LogP contribution in [0, 0.1) is 6.92 Å². The SMILES string of the molecule is CCc1cc(C)c(O)c(OC(=O)O)c1. The summed E-state index contributed by atoms with van der Waals surface area (Å²) >= 11 is 0. The van der Waals surface area contributed by atoms with Crippen molar-refractivity contribution in [2.75, 3.05) is 0 Å². The highest BCUT2D eigenvalue weighted by Crippen LogP contribution is 2.31. The van der Waals surface area contributed by atoms with Crippen LogP contribution in [-0.4, -0.2) is 16.4 Å². The third kappa shape index (κ3) is 2.16. The Morgan fingerprint density at radius 3 is 2.64 bits per heavy atom. The van der Waals surface area contributed by atoms with E-state index in [1.807, 2.05) is 6.92 Å². The Labute approximate surface area is 81.8 Å². The van der Waals surface area contributed by atoms with Crippen molar-refractivity contribution in [3.63, 3.8) is 0 Å². The Kier molecular flexibility index (Phi) is 2.96. The van der Waals surface area contributed by atoms with Gasteiger partial charge >= 0.3 is 6.16 Å². The Morgan fingerprint density at radius 1 is 1.50 bits per heavy atom. The summed E-state index contributed by atoms with van der Waals surface area (Å²) in [5.74, 6) is -0.126. The van der Waals surface area contributed by atoms with Crippen LogP contribution in [0.5, 0.6) is 11.5 Å². The summed E-state index contributed by atoms with van der Waals surface area (Å²) in [4.78, 5) is 10.3. The van der Waals surface area contributed by atoms with Crippen LogP contribution in [-0.2, 0) is 6.42 Å². The molecule has 0 bridgehead atoms. The van der Waals surface area contributed by atoms with Crippen molar-refractivity contribution in [3.05, 3.63) is 23.3 Å². The van der Waals surface area contributed by atoms with Crippen molar-refractivity contribution in [2.45, 2.75) is 20.3 Å². The predicted octanol–water partition coefficient (Wildman–Crippen LogP) is 2.32. The van der Waals surface area contributed by atoms with E-state index in [0.717, 1.165) is 12.0 Å². The van der Waals surface area contributed by atoms with Crippen LogP contribution in [0.4, 0.5) is 4.79 Å². The highest BCUT2D eigenvalue weighted by atomic mass is 16.7. The molecule has 0 fully saturated rings. The quantitative estimate of drug-likeness (QED) is 0.562. The monoisotopic (exact) mass is 196 g/mol. The molecule has 0 saturated heterocycles. The van der Waals surface area contributed by atoms with E-state index < -0.39 is 6.16 Å². The largest absolute Gasteiger partial charge is 0.511 e. The molecule has 0 saturated carbocycles.